The maximum Gasteiger partial charge on any atom is 0.345 e. The molecular weight excluding hydrogens is 154 g/mol. The van der Waals surface area contributed by atoms with E-state index in [1.165, 1.54) is 0 Å². The van der Waals surface area contributed by atoms with Crippen LogP contribution < -0.4 is 5.63 Å². The van der Waals surface area contributed by atoms with Crippen molar-refractivity contribution in [3.63, 3.8) is 0 Å². The van der Waals surface area contributed by atoms with Crippen molar-refractivity contribution < 1.29 is 4.42 Å². The predicted molar refractivity (Wildman–Crippen MR) is 45.0 cm³/mol. The van der Waals surface area contributed by atoms with E-state index < -0.39 is 0 Å². The molecule has 2 aromatic heterocycles. The molecule has 0 amide bonds. The molecule has 3 heteroatoms. The van der Waals surface area contributed by atoms with Gasteiger partial charge in [0.25, 0.3) is 0 Å². The lowest BCUT2D eigenvalue weighted by Crippen LogP contribution is -2.00. The molecule has 0 fully saturated rings. The Labute approximate surface area is 68.7 Å². The Morgan fingerprint density at radius 1 is 1.50 bits per heavy atom. The highest BCUT2D eigenvalue weighted by atomic mass is 16.4. The van der Waals surface area contributed by atoms with Gasteiger partial charge in [-0.25, -0.2) is 4.79 Å². The Morgan fingerprint density at radius 3 is 3.17 bits per heavy atom. The van der Waals surface area contributed by atoms with Crippen molar-refractivity contribution in [2.45, 2.75) is 6.92 Å². The normalized spacial score (nSPS) is 10.4. The second-order valence-corrected chi connectivity index (χ2v) is 2.58. The van der Waals surface area contributed by atoms with Gasteiger partial charge in [0, 0.05) is 12.3 Å². The molecule has 0 aromatic carbocycles. The Kier molecular flexibility index (Phi) is 1.43. The molecule has 0 bridgehead atoms. The summed E-state index contributed by atoms with van der Waals surface area (Å²) in [7, 11) is 0. The van der Waals surface area contributed by atoms with Gasteiger partial charge in [-0.05, 0) is 19.1 Å². The van der Waals surface area contributed by atoms with Crippen LogP contribution in [0, 0.1) is 6.92 Å². The number of hydrogen-bond donors (Lipinski definition) is 0. The summed E-state index contributed by atoms with van der Waals surface area (Å²) in [5.74, 6) is 0.589. The van der Waals surface area contributed by atoms with E-state index in [2.05, 4.69) is 4.98 Å². The van der Waals surface area contributed by atoms with Crippen LogP contribution in [0.1, 0.15) is 5.76 Å². The molecule has 12 heavy (non-hydrogen) atoms. The summed E-state index contributed by atoms with van der Waals surface area (Å²) in [6.45, 7) is 1.73. The van der Waals surface area contributed by atoms with Crippen LogP contribution in [0.15, 0.2) is 33.6 Å². The molecule has 0 N–H and O–H groups in total. The van der Waals surface area contributed by atoms with Crippen molar-refractivity contribution >= 4 is 10.9 Å². The molecule has 0 radical (unpaired) electrons. The molecule has 0 aliphatic carbocycles. The highest BCUT2D eigenvalue weighted by Gasteiger charge is 2.00. The first-order valence-electron chi connectivity index (χ1n) is 3.63. The fourth-order valence-electron chi connectivity index (χ4n) is 1.13. The molecular formula is C9H7NO2. The number of pyridine rings is 1. The minimum absolute atomic E-state index is 0.321. The van der Waals surface area contributed by atoms with Crippen molar-refractivity contribution in [2.75, 3.05) is 0 Å². The molecule has 0 saturated heterocycles. The van der Waals surface area contributed by atoms with E-state index in [0.717, 1.165) is 0 Å². The first-order chi connectivity index (χ1) is 5.77. The smallest absolute Gasteiger partial charge is 0.345 e. The standard InChI is InChI=1S/C9H7NO2/c1-6-5-8-7(9(11)12-6)3-2-4-10-8/h2-5H,1H3. The van der Waals surface area contributed by atoms with Crippen molar-refractivity contribution in [2.24, 2.45) is 0 Å². The lowest BCUT2D eigenvalue weighted by molar-refractivity contribution is 0.488. The third kappa shape index (κ3) is 0.993. The fraction of sp³-hybridized carbons (Fsp3) is 0.111. The monoisotopic (exact) mass is 161 g/mol. The van der Waals surface area contributed by atoms with Crippen LogP contribution in [0.4, 0.5) is 0 Å². The van der Waals surface area contributed by atoms with E-state index in [1.54, 1.807) is 31.3 Å². The molecule has 0 spiro atoms. The average molecular weight is 161 g/mol. The summed E-state index contributed by atoms with van der Waals surface area (Å²) in [6.07, 6.45) is 1.65. The number of hydrogen-bond acceptors (Lipinski definition) is 3. The van der Waals surface area contributed by atoms with Crippen molar-refractivity contribution in [3.05, 3.63) is 40.6 Å². The van der Waals surface area contributed by atoms with Gasteiger partial charge >= 0.3 is 5.63 Å². The van der Waals surface area contributed by atoms with Crippen LogP contribution in [-0.4, -0.2) is 4.98 Å². The molecule has 2 aromatic rings. The SMILES string of the molecule is Cc1cc2ncccc2c(=O)o1. The van der Waals surface area contributed by atoms with Crippen LogP contribution >= 0.6 is 0 Å². The number of rotatable bonds is 0. The molecule has 0 aliphatic rings. The van der Waals surface area contributed by atoms with E-state index >= 15 is 0 Å². The van der Waals surface area contributed by atoms with Crippen LogP contribution in [0.3, 0.4) is 0 Å². The maximum atomic E-state index is 11.2. The zero-order valence-corrected chi connectivity index (χ0v) is 6.57. The molecule has 0 aliphatic heterocycles. The summed E-state index contributed by atoms with van der Waals surface area (Å²) in [5.41, 5.74) is 0.365. The second kappa shape index (κ2) is 2.44. The van der Waals surface area contributed by atoms with Crippen LogP contribution in [-0.2, 0) is 0 Å². The minimum atomic E-state index is -0.321. The Morgan fingerprint density at radius 2 is 2.33 bits per heavy atom. The molecule has 0 saturated carbocycles. The van der Waals surface area contributed by atoms with Crippen LogP contribution in [0.5, 0.6) is 0 Å². The van der Waals surface area contributed by atoms with Crippen LogP contribution in [0.25, 0.3) is 10.9 Å². The number of nitrogens with zero attached hydrogens (tertiary/aromatic N) is 1. The van der Waals surface area contributed by atoms with E-state index in [4.69, 9.17) is 4.42 Å². The summed E-state index contributed by atoms with van der Waals surface area (Å²) in [5, 5.41) is 0.531. The first kappa shape index (κ1) is 7.03. The van der Waals surface area contributed by atoms with Crippen molar-refractivity contribution in [1.82, 2.24) is 4.98 Å². The molecule has 3 nitrogen and oxygen atoms in total. The summed E-state index contributed by atoms with van der Waals surface area (Å²) >= 11 is 0. The lowest BCUT2D eigenvalue weighted by Gasteiger charge is -1.94. The summed E-state index contributed by atoms with van der Waals surface area (Å²) in [4.78, 5) is 15.2. The van der Waals surface area contributed by atoms with Gasteiger partial charge in [0.05, 0.1) is 10.9 Å². The second-order valence-electron chi connectivity index (χ2n) is 2.58. The van der Waals surface area contributed by atoms with Gasteiger partial charge in [-0.15, -0.1) is 0 Å². The number of aryl methyl sites for hydroxylation is 1. The topological polar surface area (TPSA) is 43.1 Å². The quantitative estimate of drug-likeness (QED) is 0.588. The van der Waals surface area contributed by atoms with Gasteiger partial charge in [0.2, 0.25) is 0 Å². The molecule has 2 heterocycles. The fourth-order valence-corrected chi connectivity index (χ4v) is 1.13. The Hall–Kier alpha value is -1.64. The van der Waals surface area contributed by atoms with Gasteiger partial charge in [-0.2, -0.15) is 0 Å². The van der Waals surface area contributed by atoms with Gasteiger partial charge < -0.3 is 4.42 Å². The Bertz CT molecular complexity index is 473. The Balaban J connectivity index is 2.99. The van der Waals surface area contributed by atoms with E-state index in [-0.39, 0.29) is 5.63 Å². The number of aromatic nitrogens is 1. The lowest BCUT2D eigenvalue weighted by atomic mass is 10.2. The largest absolute Gasteiger partial charge is 0.428 e. The highest BCUT2D eigenvalue weighted by Crippen LogP contribution is 2.06. The van der Waals surface area contributed by atoms with Gasteiger partial charge in [0.1, 0.15) is 5.76 Å². The van der Waals surface area contributed by atoms with Gasteiger partial charge in [-0.3, -0.25) is 4.98 Å². The summed E-state index contributed by atoms with van der Waals surface area (Å²) < 4.78 is 4.89. The van der Waals surface area contributed by atoms with Gasteiger partial charge in [0.15, 0.2) is 0 Å². The van der Waals surface area contributed by atoms with E-state index in [9.17, 15) is 4.79 Å². The minimum Gasteiger partial charge on any atom is -0.428 e. The highest BCUT2D eigenvalue weighted by molar-refractivity contribution is 5.76. The van der Waals surface area contributed by atoms with E-state index in [1.807, 2.05) is 0 Å². The van der Waals surface area contributed by atoms with Crippen molar-refractivity contribution in [3.8, 4) is 0 Å². The summed E-state index contributed by atoms with van der Waals surface area (Å²) in [6, 6.07) is 5.17. The predicted octanol–water partition coefficient (Wildman–Crippen LogP) is 1.50. The third-order valence-corrected chi connectivity index (χ3v) is 1.65. The van der Waals surface area contributed by atoms with Crippen molar-refractivity contribution in [1.29, 1.82) is 0 Å². The van der Waals surface area contributed by atoms with Crippen LogP contribution in [0.2, 0.25) is 0 Å². The third-order valence-electron chi connectivity index (χ3n) is 1.65. The zero-order valence-electron chi connectivity index (χ0n) is 6.57. The molecule has 60 valence electrons. The first-order valence-corrected chi connectivity index (χ1v) is 3.63. The zero-order chi connectivity index (χ0) is 8.55. The molecule has 0 unspecified atom stereocenters. The molecule has 0 atom stereocenters. The maximum absolute atomic E-state index is 11.2. The molecule has 2 rings (SSSR count). The van der Waals surface area contributed by atoms with Gasteiger partial charge in [-0.1, -0.05) is 0 Å². The van der Waals surface area contributed by atoms with E-state index in [0.29, 0.717) is 16.7 Å². The average Bonchev–Trinajstić information content (AvgIpc) is 2.04. The number of fused-ring (bicyclic) bond motifs is 1.